The van der Waals surface area contributed by atoms with Crippen LogP contribution in [-0.4, -0.2) is 12.1 Å². The molecule has 0 amide bonds. The molecule has 2 nitrogen and oxygen atoms in total. The molecule has 0 aromatic carbocycles. The van der Waals surface area contributed by atoms with E-state index in [1.807, 2.05) is 13.8 Å². The SMILES string of the molecule is CC1=C/C(=C\C=O)CC(C)(C)C1=O. The fourth-order valence-corrected chi connectivity index (χ4v) is 1.71. The lowest BCUT2D eigenvalue weighted by Crippen LogP contribution is -2.28. The molecule has 0 atom stereocenters. The summed E-state index contributed by atoms with van der Waals surface area (Å²) in [5, 5.41) is 0. The molecule has 1 aliphatic rings. The van der Waals surface area contributed by atoms with E-state index in [0.29, 0.717) is 6.42 Å². The summed E-state index contributed by atoms with van der Waals surface area (Å²) in [7, 11) is 0. The van der Waals surface area contributed by atoms with Crippen molar-refractivity contribution >= 4 is 12.1 Å². The van der Waals surface area contributed by atoms with Gasteiger partial charge in [-0.2, -0.15) is 0 Å². The fraction of sp³-hybridized carbons (Fsp3) is 0.455. The Kier molecular flexibility index (Phi) is 2.50. The van der Waals surface area contributed by atoms with Gasteiger partial charge in [-0.3, -0.25) is 9.59 Å². The lowest BCUT2D eigenvalue weighted by molar-refractivity contribution is -0.123. The molecule has 1 rings (SSSR count). The summed E-state index contributed by atoms with van der Waals surface area (Å²) < 4.78 is 0. The topological polar surface area (TPSA) is 34.1 Å². The molecule has 0 radical (unpaired) electrons. The predicted octanol–water partition coefficient (Wildman–Crippen LogP) is 2.06. The molecular formula is C11H14O2. The van der Waals surface area contributed by atoms with E-state index in [9.17, 15) is 9.59 Å². The van der Waals surface area contributed by atoms with Gasteiger partial charge in [0.25, 0.3) is 0 Å². The van der Waals surface area contributed by atoms with Crippen molar-refractivity contribution < 1.29 is 9.59 Å². The van der Waals surface area contributed by atoms with Gasteiger partial charge in [0.15, 0.2) is 5.78 Å². The van der Waals surface area contributed by atoms with Gasteiger partial charge in [0.1, 0.15) is 6.29 Å². The molecule has 0 bridgehead atoms. The Morgan fingerprint density at radius 3 is 2.54 bits per heavy atom. The van der Waals surface area contributed by atoms with Gasteiger partial charge in [0, 0.05) is 5.41 Å². The first-order chi connectivity index (χ1) is 5.97. The summed E-state index contributed by atoms with van der Waals surface area (Å²) in [4.78, 5) is 21.9. The van der Waals surface area contributed by atoms with E-state index < -0.39 is 0 Å². The summed E-state index contributed by atoms with van der Waals surface area (Å²) in [5.74, 6) is 0.176. The van der Waals surface area contributed by atoms with Gasteiger partial charge in [0.2, 0.25) is 0 Å². The van der Waals surface area contributed by atoms with Crippen molar-refractivity contribution in [1.82, 2.24) is 0 Å². The van der Waals surface area contributed by atoms with E-state index in [0.717, 1.165) is 17.4 Å². The van der Waals surface area contributed by atoms with Crippen molar-refractivity contribution in [2.24, 2.45) is 5.41 Å². The van der Waals surface area contributed by atoms with Gasteiger partial charge in [-0.05, 0) is 30.6 Å². The Morgan fingerprint density at radius 2 is 2.08 bits per heavy atom. The van der Waals surface area contributed by atoms with Crippen LogP contribution in [-0.2, 0) is 9.59 Å². The molecular weight excluding hydrogens is 164 g/mol. The molecule has 1 aliphatic carbocycles. The highest BCUT2D eigenvalue weighted by Crippen LogP contribution is 2.34. The Labute approximate surface area is 78.3 Å². The molecule has 0 aromatic heterocycles. The normalized spacial score (nSPS) is 24.4. The standard InChI is InChI=1S/C11H14O2/c1-8-6-9(4-5-12)7-11(2,3)10(8)13/h4-6H,7H2,1-3H3/b9-4+. The molecule has 0 spiro atoms. The Balaban J connectivity index is 3.08. The van der Waals surface area contributed by atoms with Crippen molar-refractivity contribution in [3.8, 4) is 0 Å². The minimum absolute atomic E-state index is 0.176. The lowest BCUT2D eigenvalue weighted by atomic mass is 9.74. The highest BCUT2D eigenvalue weighted by Gasteiger charge is 2.32. The van der Waals surface area contributed by atoms with Crippen LogP contribution < -0.4 is 0 Å². The van der Waals surface area contributed by atoms with Crippen LogP contribution in [0.4, 0.5) is 0 Å². The summed E-state index contributed by atoms with van der Waals surface area (Å²) in [6.45, 7) is 5.61. The van der Waals surface area contributed by atoms with E-state index >= 15 is 0 Å². The summed E-state index contributed by atoms with van der Waals surface area (Å²) in [6.07, 6.45) is 4.74. The van der Waals surface area contributed by atoms with Crippen LogP contribution in [0, 0.1) is 5.41 Å². The third-order valence-corrected chi connectivity index (χ3v) is 2.30. The predicted molar refractivity (Wildman–Crippen MR) is 51.3 cm³/mol. The van der Waals surface area contributed by atoms with Crippen LogP contribution in [0.2, 0.25) is 0 Å². The number of hydrogen-bond donors (Lipinski definition) is 0. The van der Waals surface area contributed by atoms with Crippen molar-refractivity contribution in [2.75, 3.05) is 0 Å². The first-order valence-corrected chi connectivity index (χ1v) is 4.35. The van der Waals surface area contributed by atoms with E-state index in [4.69, 9.17) is 0 Å². The second kappa shape index (κ2) is 3.29. The second-order valence-corrected chi connectivity index (χ2v) is 4.09. The van der Waals surface area contributed by atoms with Gasteiger partial charge in [-0.1, -0.05) is 19.9 Å². The number of hydrogen-bond acceptors (Lipinski definition) is 2. The number of ketones is 1. The third-order valence-electron chi connectivity index (χ3n) is 2.30. The van der Waals surface area contributed by atoms with Crippen molar-refractivity contribution in [3.63, 3.8) is 0 Å². The van der Waals surface area contributed by atoms with Crippen LogP contribution in [0.5, 0.6) is 0 Å². The van der Waals surface area contributed by atoms with Crippen LogP contribution >= 0.6 is 0 Å². The van der Waals surface area contributed by atoms with Gasteiger partial charge < -0.3 is 0 Å². The largest absolute Gasteiger partial charge is 0.299 e. The molecule has 0 saturated heterocycles. The number of Topliss-reactive ketones (excluding diaryl/α,β-unsaturated/α-hetero) is 1. The lowest BCUT2D eigenvalue weighted by Gasteiger charge is -2.28. The monoisotopic (exact) mass is 178 g/mol. The third kappa shape index (κ3) is 1.94. The molecule has 2 heteroatoms. The first-order valence-electron chi connectivity index (χ1n) is 4.35. The van der Waals surface area contributed by atoms with Gasteiger partial charge in [-0.25, -0.2) is 0 Å². The zero-order chi connectivity index (χ0) is 10.1. The summed E-state index contributed by atoms with van der Waals surface area (Å²) in [6, 6.07) is 0. The molecule has 70 valence electrons. The zero-order valence-electron chi connectivity index (χ0n) is 8.26. The molecule has 0 aromatic rings. The number of allylic oxidation sites excluding steroid dienone is 4. The van der Waals surface area contributed by atoms with Crippen LogP contribution in [0.3, 0.4) is 0 Å². The van der Waals surface area contributed by atoms with Crippen molar-refractivity contribution in [1.29, 1.82) is 0 Å². The van der Waals surface area contributed by atoms with E-state index in [-0.39, 0.29) is 11.2 Å². The van der Waals surface area contributed by atoms with Crippen LogP contribution in [0.25, 0.3) is 0 Å². The molecule has 0 heterocycles. The maximum absolute atomic E-state index is 11.6. The smallest absolute Gasteiger partial charge is 0.164 e. The Hall–Kier alpha value is -1.18. The Morgan fingerprint density at radius 1 is 1.46 bits per heavy atom. The molecule has 0 unspecified atom stereocenters. The number of carbonyl (C=O) groups is 2. The van der Waals surface area contributed by atoms with E-state index in [1.165, 1.54) is 6.08 Å². The number of carbonyl (C=O) groups excluding carboxylic acids is 2. The molecule has 0 N–H and O–H groups in total. The second-order valence-electron chi connectivity index (χ2n) is 4.09. The first kappa shape index (κ1) is 9.90. The molecule has 13 heavy (non-hydrogen) atoms. The van der Waals surface area contributed by atoms with Crippen molar-refractivity contribution in [2.45, 2.75) is 27.2 Å². The van der Waals surface area contributed by atoms with Gasteiger partial charge in [-0.15, -0.1) is 0 Å². The highest BCUT2D eigenvalue weighted by atomic mass is 16.1. The maximum Gasteiger partial charge on any atom is 0.164 e. The summed E-state index contributed by atoms with van der Waals surface area (Å²) in [5.41, 5.74) is 1.33. The fourth-order valence-electron chi connectivity index (χ4n) is 1.71. The molecule has 0 fully saturated rings. The summed E-state index contributed by atoms with van der Waals surface area (Å²) >= 11 is 0. The van der Waals surface area contributed by atoms with Crippen LogP contribution in [0.15, 0.2) is 23.3 Å². The molecule has 0 saturated carbocycles. The molecule has 0 aliphatic heterocycles. The maximum atomic E-state index is 11.6. The Bertz CT molecular complexity index is 306. The minimum Gasteiger partial charge on any atom is -0.299 e. The highest BCUT2D eigenvalue weighted by molar-refractivity contribution is 6.01. The quantitative estimate of drug-likeness (QED) is 0.455. The van der Waals surface area contributed by atoms with Gasteiger partial charge in [0.05, 0.1) is 0 Å². The average Bonchev–Trinajstić information content (AvgIpc) is 2.00. The average molecular weight is 178 g/mol. The number of rotatable bonds is 1. The van der Waals surface area contributed by atoms with Crippen molar-refractivity contribution in [3.05, 3.63) is 23.3 Å². The van der Waals surface area contributed by atoms with E-state index in [1.54, 1.807) is 13.0 Å². The minimum atomic E-state index is -0.353. The van der Waals surface area contributed by atoms with Gasteiger partial charge >= 0.3 is 0 Å². The van der Waals surface area contributed by atoms with Crippen LogP contribution in [0.1, 0.15) is 27.2 Å². The number of aldehydes is 1. The zero-order valence-corrected chi connectivity index (χ0v) is 8.26. The van der Waals surface area contributed by atoms with E-state index in [2.05, 4.69) is 0 Å².